The van der Waals surface area contributed by atoms with Crippen LogP contribution in [0.25, 0.3) is 0 Å². The van der Waals surface area contributed by atoms with Crippen LogP contribution in [0.2, 0.25) is 0 Å². The summed E-state index contributed by atoms with van der Waals surface area (Å²) in [5.74, 6) is -0.420. The first kappa shape index (κ1) is 34.9. The molecule has 2 amide bonds. The molecule has 0 aliphatic carbocycles. The minimum Gasteiger partial charge on any atom is -0.361 e. The molecule has 9 nitrogen and oxygen atoms in total. The van der Waals surface area contributed by atoms with Gasteiger partial charge < -0.3 is 24.8 Å². The van der Waals surface area contributed by atoms with E-state index in [-0.39, 0.29) is 42.1 Å². The summed E-state index contributed by atoms with van der Waals surface area (Å²) in [7, 11) is 3.49. The van der Waals surface area contributed by atoms with Crippen LogP contribution in [0.1, 0.15) is 78.5 Å². The summed E-state index contributed by atoms with van der Waals surface area (Å²) in [6, 6.07) is 8.10. The third kappa shape index (κ3) is 8.38. The summed E-state index contributed by atoms with van der Waals surface area (Å²) in [6.45, 7) is 18.2. The first-order valence-corrected chi connectivity index (χ1v) is 14.7. The number of hydrogen-bond donors (Lipinski definition) is 2. The molecule has 0 unspecified atom stereocenters. The van der Waals surface area contributed by atoms with Gasteiger partial charge in [-0.05, 0) is 43.4 Å². The van der Waals surface area contributed by atoms with Gasteiger partial charge in [0.2, 0.25) is 17.6 Å². The van der Waals surface area contributed by atoms with E-state index < -0.39 is 22.9 Å². The van der Waals surface area contributed by atoms with Crippen molar-refractivity contribution in [1.29, 1.82) is 0 Å². The SMILES string of the molecule is CCOCn1ccnc1C(=O)/C(C)=C/[C@H](C(C)C)N(C)C(=O)[C@@H](NC(=O)[C@@H](NC)C(C)(C)c1ccccc1)C(C)(C)C. The van der Waals surface area contributed by atoms with Gasteiger partial charge in [-0.3, -0.25) is 14.4 Å². The molecule has 2 N–H and O–H groups in total. The molecule has 9 heteroatoms. The first-order valence-electron chi connectivity index (χ1n) is 14.7. The predicted molar refractivity (Wildman–Crippen MR) is 167 cm³/mol. The molecule has 0 bridgehead atoms. The normalized spacial score (nSPS) is 14.8. The van der Waals surface area contributed by atoms with Crippen LogP contribution >= 0.6 is 0 Å². The molecule has 0 aliphatic rings. The molecule has 0 radical (unpaired) electrons. The largest absolute Gasteiger partial charge is 0.361 e. The van der Waals surface area contributed by atoms with Gasteiger partial charge in [-0.1, -0.05) is 84.9 Å². The summed E-state index contributed by atoms with van der Waals surface area (Å²) in [4.78, 5) is 47.1. The topological polar surface area (TPSA) is 106 Å². The number of aromatic nitrogens is 2. The summed E-state index contributed by atoms with van der Waals surface area (Å²) >= 11 is 0. The third-order valence-corrected chi connectivity index (χ3v) is 7.80. The van der Waals surface area contributed by atoms with Gasteiger partial charge in [0.25, 0.3) is 0 Å². The Morgan fingerprint density at radius 2 is 1.69 bits per heavy atom. The monoisotopic (exact) mass is 581 g/mol. The second-order valence-corrected chi connectivity index (χ2v) is 12.8. The van der Waals surface area contributed by atoms with E-state index in [9.17, 15) is 14.4 Å². The standard InChI is InChI=1S/C33H51N5O4/c1-12-42-21-38-19-18-35-29(38)26(39)23(4)20-25(22(2)3)37(11)31(41)28(32(5,6)7)36-30(40)27(34-10)33(8,9)24-16-14-13-15-17-24/h13-20,22,25,27-28,34H,12,21H2,1-11H3,(H,36,40)/b23-20+/t25-,27-,28-/m1/s1. The number of nitrogens with zero attached hydrogens (tertiary/aromatic N) is 3. The molecule has 0 fully saturated rings. The summed E-state index contributed by atoms with van der Waals surface area (Å²) in [5.41, 5.74) is 0.387. The Balaban J connectivity index is 2.35. The van der Waals surface area contributed by atoms with Crippen LogP contribution in [0.4, 0.5) is 0 Å². The molecule has 2 rings (SSSR count). The van der Waals surface area contributed by atoms with Crippen LogP contribution < -0.4 is 10.6 Å². The van der Waals surface area contributed by atoms with Gasteiger partial charge in [0.05, 0.1) is 12.1 Å². The van der Waals surface area contributed by atoms with Crippen molar-refractivity contribution in [3.8, 4) is 0 Å². The zero-order chi connectivity index (χ0) is 31.8. The van der Waals surface area contributed by atoms with Gasteiger partial charge in [-0.2, -0.15) is 0 Å². The van der Waals surface area contributed by atoms with E-state index in [0.29, 0.717) is 12.2 Å². The van der Waals surface area contributed by atoms with E-state index in [0.717, 1.165) is 5.56 Å². The van der Waals surface area contributed by atoms with Gasteiger partial charge in [0.1, 0.15) is 12.8 Å². The second-order valence-electron chi connectivity index (χ2n) is 12.8. The van der Waals surface area contributed by atoms with Crippen LogP contribution in [0.15, 0.2) is 54.4 Å². The van der Waals surface area contributed by atoms with Crippen LogP contribution in [-0.2, 0) is 26.5 Å². The van der Waals surface area contributed by atoms with Crippen molar-refractivity contribution < 1.29 is 19.1 Å². The zero-order valence-corrected chi connectivity index (χ0v) is 27.3. The molecular weight excluding hydrogens is 530 g/mol. The molecule has 1 aromatic carbocycles. The van der Waals surface area contributed by atoms with Crippen molar-refractivity contribution >= 4 is 17.6 Å². The molecule has 0 spiro atoms. The number of amides is 2. The fraction of sp³-hybridized carbons (Fsp3) is 0.576. The highest BCUT2D eigenvalue weighted by molar-refractivity contribution is 6.06. The Bertz CT molecular complexity index is 1230. The van der Waals surface area contributed by atoms with Crippen LogP contribution in [0, 0.1) is 11.3 Å². The average Bonchev–Trinajstić information content (AvgIpc) is 3.40. The number of imidazole rings is 1. The Hall–Kier alpha value is -3.30. The molecule has 0 aliphatic heterocycles. The van der Waals surface area contributed by atoms with Crippen LogP contribution in [0.5, 0.6) is 0 Å². The van der Waals surface area contributed by atoms with Crippen molar-refractivity contribution in [3.05, 3.63) is 65.8 Å². The third-order valence-electron chi connectivity index (χ3n) is 7.80. The maximum atomic E-state index is 14.1. The smallest absolute Gasteiger partial charge is 0.245 e. The maximum absolute atomic E-state index is 14.1. The highest BCUT2D eigenvalue weighted by Crippen LogP contribution is 2.29. The molecule has 232 valence electrons. The molecule has 3 atom stereocenters. The number of benzene rings is 1. The number of ether oxygens (including phenoxy) is 1. The molecule has 1 aromatic heterocycles. The van der Waals surface area contributed by atoms with Crippen molar-refractivity contribution in [2.24, 2.45) is 11.3 Å². The lowest BCUT2D eigenvalue weighted by Gasteiger charge is -2.40. The van der Waals surface area contributed by atoms with Gasteiger partial charge in [-0.15, -0.1) is 0 Å². The van der Waals surface area contributed by atoms with E-state index in [1.807, 2.05) is 91.8 Å². The van der Waals surface area contributed by atoms with Crippen molar-refractivity contribution in [2.75, 3.05) is 20.7 Å². The molecule has 2 aromatic rings. The summed E-state index contributed by atoms with van der Waals surface area (Å²) < 4.78 is 7.13. The average molecular weight is 582 g/mol. The Kier molecular flexibility index (Phi) is 12.2. The van der Waals surface area contributed by atoms with E-state index in [4.69, 9.17) is 4.74 Å². The quantitative estimate of drug-likeness (QED) is 0.250. The van der Waals surface area contributed by atoms with E-state index in [2.05, 4.69) is 15.6 Å². The number of ketones is 1. The summed E-state index contributed by atoms with van der Waals surface area (Å²) in [6.07, 6.45) is 5.10. The molecule has 0 saturated carbocycles. The Morgan fingerprint density at radius 1 is 1.07 bits per heavy atom. The first-order chi connectivity index (χ1) is 19.6. The number of allylic oxidation sites excluding steroid dienone is 1. The summed E-state index contributed by atoms with van der Waals surface area (Å²) in [5, 5.41) is 6.25. The Morgan fingerprint density at radius 3 is 2.21 bits per heavy atom. The number of hydrogen-bond acceptors (Lipinski definition) is 6. The number of carbonyl (C=O) groups is 3. The number of nitrogens with one attached hydrogen (secondary N) is 2. The van der Waals surface area contributed by atoms with E-state index in [1.165, 1.54) is 0 Å². The molecule has 42 heavy (non-hydrogen) atoms. The van der Waals surface area contributed by atoms with Gasteiger partial charge in [0, 0.05) is 31.5 Å². The number of Topliss-reactive ketones (excluding diaryl/α,β-unsaturated/α-hetero) is 1. The lowest BCUT2D eigenvalue weighted by molar-refractivity contribution is -0.140. The fourth-order valence-corrected chi connectivity index (χ4v) is 5.15. The number of likely N-dealkylation sites (N-methyl/N-ethyl adjacent to an activating group) is 2. The minimum atomic E-state index is -0.798. The highest BCUT2D eigenvalue weighted by Gasteiger charge is 2.41. The van der Waals surface area contributed by atoms with Crippen molar-refractivity contribution in [3.63, 3.8) is 0 Å². The predicted octanol–water partition coefficient (Wildman–Crippen LogP) is 4.59. The number of carbonyl (C=O) groups excluding carboxylic acids is 3. The molecular formula is C33H51N5O4. The van der Waals surface area contributed by atoms with E-state index in [1.54, 1.807) is 42.9 Å². The van der Waals surface area contributed by atoms with Crippen LogP contribution in [0.3, 0.4) is 0 Å². The second kappa shape index (κ2) is 14.7. The van der Waals surface area contributed by atoms with E-state index >= 15 is 0 Å². The lowest BCUT2D eigenvalue weighted by atomic mass is 9.76. The maximum Gasteiger partial charge on any atom is 0.245 e. The molecule has 0 saturated heterocycles. The fourth-order valence-electron chi connectivity index (χ4n) is 5.15. The number of rotatable bonds is 14. The van der Waals surface area contributed by atoms with Crippen molar-refractivity contribution in [1.82, 2.24) is 25.1 Å². The molecule has 1 heterocycles. The van der Waals surface area contributed by atoms with Crippen molar-refractivity contribution in [2.45, 2.75) is 92.6 Å². The Labute approximate surface area is 252 Å². The minimum absolute atomic E-state index is 0.00302. The van der Waals surface area contributed by atoms with Gasteiger partial charge in [0.15, 0.2) is 5.82 Å². The highest BCUT2D eigenvalue weighted by atomic mass is 16.5. The van der Waals surface area contributed by atoms with Crippen LogP contribution in [-0.4, -0.2) is 70.9 Å². The van der Waals surface area contributed by atoms with Gasteiger partial charge >= 0.3 is 0 Å². The lowest BCUT2D eigenvalue weighted by Crippen LogP contribution is -2.61. The zero-order valence-electron chi connectivity index (χ0n) is 27.3. The van der Waals surface area contributed by atoms with Gasteiger partial charge in [-0.25, -0.2) is 4.98 Å².